The molecule has 0 saturated heterocycles. The van der Waals surface area contributed by atoms with E-state index in [-0.39, 0.29) is 17.0 Å². The average Bonchev–Trinajstić information content (AvgIpc) is 2.34. The van der Waals surface area contributed by atoms with E-state index in [2.05, 4.69) is 0 Å². The summed E-state index contributed by atoms with van der Waals surface area (Å²) in [5.74, 6) is 0.575. The molecule has 2 rings (SSSR count). The van der Waals surface area contributed by atoms with E-state index in [4.69, 9.17) is 22.1 Å². The topological polar surface area (TPSA) is 35.2 Å². The fourth-order valence-electron chi connectivity index (χ4n) is 1.68. The van der Waals surface area contributed by atoms with Crippen LogP contribution in [0.4, 0.5) is 14.5 Å². The van der Waals surface area contributed by atoms with Gasteiger partial charge in [-0.1, -0.05) is 11.6 Å². The van der Waals surface area contributed by atoms with Crippen LogP contribution in [0.1, 0.15) is 17.6 Å². The van der Waals surface area contributed by atoms with Crippen LogP contribution in [-0.4, -0.2) is 0 Å². The number of rotatable bonds is 3. The van der Waals surface area contributed by atoms with E-state index in [1.807, 2.05) is 0 Å². The lowest BCUT2D eigenvalue weighted by Gasteiger charge is -2.13. The molecule has 0 unspecified atom stereocenters. The Balaban J connectivity index is 2.38. The summed E-state index contributed by atoms with van der Waals surface area (Å²) in [5.41, 5.74) is 6.32. The number of alkyl halides is 2. The molecule has 5 heteroatoms. The highest BCUT2D eigenvalue weighted by Gasteiger charge is 2.15. The van der Waals surface area contributed by atoms with Crippen LogP contribution in [-0.2, 0) is 0 Å². The fourth-order valence-corrected chi connectivity index (χ4v) is 1.90. The van der Waals surface area contributed by atoms with Crippen molar-refractivity contribution in [2.45, 2.75) is 13.3 Å². The zero-order valence-corrected chi connectivity index (χ0v) is 10.9. The molecule has 0 amide bonds. The maximum atomic E-state index is 12.9. The smallest absolute Gasteiger partial charge is 0.267 e. The molecule has 0 fully saturated rings. The van der Waals surface area contributed by atoms with E-state index in [9.17, 15) is 8.78 Å². The highest BCUT2D eigenvalue weighted by Crippen LogP contribution is 2.35. The van der Waals surface area contributed by atoms with Crippen LogP contribution < -0.4 is 10.5 Å². The van der Waals surface area contributed by atoms with Crippen LogP contribution in [0.5, 0.6) is 11.5 Å². The first-order valence-electron chi connectivity index (χ1n) is 5.59. The van der Waals surface area contributed by atoms with Gasteiger partial charge in [0.25, 0.3) is 6.43 Å². The van der Waals surface area contributed by atoms with Crippen molar-refractivity contribution in [1.82, 2.24) is 0 Å². The van der Waals surface area contributed by atoms with Crippen molar-refractivity contribution in [3.8, 4) is 11.5 Å². The van der Waals surface area contributed by atoms with Gasteiger partial charge in [-0.25, -0.2) is 8.78 Å². The van der Waals surface area contributed by atoms with Gasteiger partial charge < -0.3 is 10.5 Å². The van der Waals surface area contributed by atoms with Crippen LogP contribution in [0.25, 0.3) is 0 Å². The monoisotopic (exact) mass is 283 g/mol. The summed E-state index contributed by atoms with van der Waals surface area (Å²) in [7, 11) is 0. The SMILES string of the molecule is Cc1cc(Cl)ccc1Oc1ccc(N)cc1C(F)F. The Morgan fingerprint density at radius 1 is 1.11 bits per heavy atom. The number of benzene rings is 2. The molecule has 0 saturated carbocycles. The first-order chi connectivity index (χ1) is 8.97. The third kappa shape index (κ3) is 3.15. The van der Waals surface area contributed by atoms with Crippen LogP contribution in [0.15, 0.2) is 36.4 Å². The third-order valence-corrected chi connectivity index (χ3v) is 2.86. The highest BCUT2D eigenvalue weighted by molar-refractivity contribution is 6.30. The zero-order valence-electron chi connectivity index (χ0n) is 10.2. The second-order valence-corrected chi connectivity index (χ2v) is 4.55. The Hall–Kier alpha value is -1.81. The van der Waals surface area contributed by atoms with Gasteiger partial charge in [-0.3, -0.25) is 0 Å². The number of aryl methyl sites for hydroxylation is 1. The minimum atomic E-state index is -2.65. The predicted molar refractivity (Wildman–Crippen MR) is 72.1 cm³/mol. The first-order valence-corrected chi connectivity index (χ1v) is 5.97. The van der Waals surface area contributed by atoms with Crippen LogP contribution in [0.3, 0.4) is 0 Å². The summed E-state index contributed by atoms with van der Waals surface area (Å²) in [6.45, 7) is 1.79. The number of hydrogen-bond acceptors (Lipinski definition) is 2. The van der Waals surface area contributed by atoms with Gasteiger partial charge in [-0.15, -0.1) is 0 Å². The number of hydrogen-bond donors (Lipinski definition) is 1. The maximum Gasteiger partial charge on any atom is 0.267 e. The molecule has 0 atom stereocenters. The molecular formula is C14H12ClF2NO. The highest BCUT2D eigenvalue weighted by atomic mass is 35.5. The summed E-state index contributed by atoms with van der Waals surface area (Å²) in [5, 5.41) is 0.566. The van der Waals surface area contributed by atoms with E-state index >= 15 is 0 Å². The van der Waals surface area contributed by atoms with E-state index in [1.165, 1.54) is 18.2 Å². The van der Waals surface area contributed by atoms with Crippen molar-refractivity contribution in [2.24, 2.45) is 0 Å². The van der Waals surface area contributed by atoms with Gasteiger partial charge in [0.15, 0.2) is 0 Å². The van der Waals surface area contributed by atoms with Crippen molar-refractivity contribution >= 4 is 17.3 Å². The molecule has 19 heavy (non-hydrogen) atoms. The quantitative estimate of drug-likeness (QED) is 0.808. The lowest BCUT2D eigenvalue weighted by Crippen LogP contribution is -1.96. The first kappa shape index (κ1) is 13.6. The van der Waals surface area contributed by atoms with Crippen molar-refractivity contribution in [2.75, 3.05) is 5.73 Å². The number of ether oxygens (including phenoxy) is 1. The largest absolute Gasteiger partial charge is 0.457 e. The second kappa shape index (κ2) is 5.45. The number of halogens is 3. The van der Waals surface area contributed by atoms with E-state index in [0.29, 0.717) is 10.8 Å². The van der Waals surface area contributed by atoms with E-state index in [1.54, 1.807) is 25.1 Å². The van der Waals surface area contributed by atoms with Crippen LogP contribution in [0, 0.1) is 6.92 Å². The third-order valence-electron chi connectivity index (χ3n) is 2.63. The molecule has 0 heterocycles. The minimum absolute atomic E-state index is 0.0922. The van der Waals surface area contributed by atoms with Gasteiger partial charge in [-0.2, -0.15) is 0 Å². The van der Waals surface area contributed by atoms with Gasteiger partial charge in [-0.05, 0) is 48.9 Å². The molecule has 0 aliphatic rings. The van der Waals surface area contributed by atoms with Gasteiger partial charge in [0.2, 0.25) is 0 Å². The van der Waals surface area contributed by atoms with E-state index < -0.39 is 6.43 Å². The fraction of sp³-hybridized carbons (Fsp3) is 0.143. The van der Waals surface area contributed by atoms with Gasteiger partial charge in [0.1, 0.15) is 11.5 Å². The molecule has 100 valence electrons. The maximum absolute atomic E-state index is 12.9. The van der Waals surface area contributed by atoms with Crippen molar-refractivity contribution in [1.29, 1.82) is 0 Å². The summed E-state index contributed by atoms with van der Waals surface area (Å²) >= 11 is 5.83. The lowest BCUT2D eigenvalue weighted by molar-refractivity contribution is 0.148. The summed E-state index contributed by atoms with van der Waals surface area (Å²) in [4.78, 5) is 0. The van der Waals surface area contributed by atoms with Crippen molar-refractivity contribution < 1.29 is 13.5 Å². The van der Waals surface area contributed by atoms with Gasteiger partial charge >= 0.3 is 0 Å². The Labute approximate surface area is 114 Å². The summed E-state index contributed by atoms with van der Waals surface area (Å²) in [6.07, 6.45) is -2.65. The zero-order chi connectivity index (χ0) is 14.0. The van der Waals surface area contributed by atoms with Crippen LogP contribution >= 0.6 is 11.6 Å². The predicted octanol–water partition coefficient (Wildman–Crippen LogP) is 4.96. The standard InChI is InChI=1S/C14H12ClF2NO/c1-8-6-9(15)2-4-12(8)19-13-5-3-10(18)7-11(13)14(16)17/h2-7,14H,18H2,1H3. The second-order valence-electron chi connectivity index (χ2n) is 4.11. The average molecular weight is 284 g/mol. The number of anilines is 1. The number of nitrogens with two attached hydrogens (primary N) is 1. The molecule has 2 aromatic rings. The van der Waals surface area contributed by atoms with Gasteiger partial charge in [0.05, 0.1) is 5.56 Å². The molecule has 2 nitrogen and oxygen atoms in total. The summed E-state index contributed by atoms with van der Waals surface area (Å²) in [6, 6.07) is 9.16. The molecule has 0 radical (unpaired) electrons. The van der Waals surface area contributed by atoms with Crippen molar-refractivity contribution in [3.63, 3.8) is 0 Å². The number of nitrogen functional groups attached to an aromatic ring is 1. The molecule has 0 aliphatic carbocycles. The molecule has 0 aliphatic heterocycles. The molecule has 0 aromatic heterocycles. The summed E-state index contributed by atoms with van der Waals surface area (Å²) < 4.78 is 31.4. The Kier molecular flexibility index (Phi) is 3.90. The van der Waals surface area contributed by atoms with E-state index in [0.717, 1.165) is 5.56 Å². The Bertz CT molecular complexity index is 602. The molecule has 0 bridgehead atoms. The molecule has 2 N–H and O–H groups in total. The molecular weight excluding hydrogens is 272 g/mol. The lowest BCUT2D eigenvalue weighted by atomic mass is 10.1. The minimum Gasteiger partial charge on any atom is -0.457 e. The normalized spacial score (nSPS) is 10.8. The van der Waals surface area contributed by atoms with Crippen molar-refractivity contribution in [3.05, 3.63) is 52.5 Å². The van der Waals surface area contributed by atoms with Crippen LogP contribution in [0.2, 0.25) is 5.02 Å². The molecule has 0 spiro atoms. The Morgan fingerprint density at radius 3 is 2.42 bits per heavy atom. The Morgan fingerprint density at radius 2 is 1.79 bits per heavy atom. The molecule has 2 aromatic carbocycles. The van der Waals surface area contributed by atoms with Gasteiger partial charge in [0, 0.05) is 10.7 Å².